The quantitative estimate of drug-likeness (QED) is 0.341. The Kier molecular flexibility index (Phi) is 8.93. The second kappa shape index (κ2) is 12.5. The predicted octanol–water partition coefficient (Wildman–Crippen LogP) is 2.86. The minimum absolute atomic E-state index is 0.0359. The van der Waals surface area contributed by atoms with Crippen LogP contribution in [0.15, 0.2) is 83.8 Å². The summed E-state index contributed by atoms with van der Waals surface area (Å²) in [6, 6.07) is 18.4. The molecule has 0 saturated carbocycles. The molecule has 1 fully saturated rings. The van der Waals surface area contributed by atoms with Gasteiger partial charge in [-0.05, 0) is 80.4 Å². The summed E-state index contributed by atoms with van der Waals surface area (Å²) in [4.78, 5) is 30.1. The molecule has 200 valence electrons. The smallest absolute Gasteiger partial charge is 0.295 e. The summed E-state index contributed by atoms with van der Waals surface area (Å²) < 4.78 is 41.5. The van der Waals surface area contributed by atoms with Crippen LogP contribution in [0.2, 0.25) is 0 Å². The molecule has 11 heteroatoms. The number of carbonyl (C=O) groups excluding carboxylic acids is 2. The van der Waals surface area contributed by atoms with E-state index in [-0.39, 0.29) is 34.3 Å². The van der Waals surface area contributed by atoms with Gasteiger partial charge in [-0.3, -0.25) is 9.59 Å². The van der Waals surface area contributed by atoms with Gasteiger partial charge < -0.3 is 20.8 Å². The van der Waals surface area contributed by atoms with Gasteiger partial charge in [-0.2, -0.15) is 8.42 Å². The number of rotatable bonds is 10. The highest BCUT2D eigenvalue weighted by Crippen LogP contribution is 2.27. The molecule has 1 saturated heterocycles. The standard InChI is InChI=1S/C27H29FN4O5S/c28-22-5-4-6-23(17-22)32(37-24-7-2-1-3-8-24)38(35,36)25-11-9-21(10-12-25)27(34)31-19-26(33)30-18-20-13-15-29-16-14-20/h1-12,17,20,29H,13-16,18-19H2,(H,30,33)(H,31,34). The highest BCUT2D eigenvalue weighted by Gasteiger charge is 2.28. The molecule has 0 radical (unpaired) electrons. The summed E-state index contributed by atoms with van der Waals surface area (Å²) in [6.07, 6.45) is 1.99. The Labute approximate surface area is 221 Å². The number of amides is 2. The topological polar surface area (TPSA) is 117 Å². The number of sulfonamides is 1. The summed E-state index contributed by atoms with van der Waals surface area (Å²) in [5, 5.41) is 8.64. The number of para-hydroxylation sites is 1. The van der Waals surface area contributed by atoms with Crippen LogP contribution >= 0.6 is 0 Å². The molecule has 0 atom stereocenters. The molecule has 38 heavy (non-hydrogen) atoms. The molecular weight excluding hydrogens is 511 g/mol. The van der Waals surface area contributed by atoms with Crippen molar-refractivity contribution in [1.29, 1.82) is 0 Å². The normalized spacial score (nSPS) is 13.9. The van der Waals surface area contributed by atoms with Crippen molar-refractivity contribution in [2.45, 2.75) is 17.7 Å². The first kappa shape index (κ1) is 27.1. The number of anilines is 1. The molecule has 1 heterocycles. The van der Waals surface area contributed by atoms with Crippen LogP contribution in [0.25, 0.3) is 0 Å². The van der Waals surface area contributed by atoms with Gasteiger partial charge in [0.05, 0.1) is 17.1 Å². The number of piperidine rings is 1. The molecule has 3 aromatic carbocycles. The van der Waals surface area contributed by atoms with Crippen LogP contribution in [-0.4, -0.2) is 46.4 Å². The maximum Gasteiger partial charge on any atom is 0.295 e. The van der Waals surface area contributed by atoms with E-state index in [1.165, 1.54) is 42.5 Å². The van der Waals surface area contributed by atoms with Crippen LogP contribution in [-0.2, 0) is 14.8 Å². The van der Waals surface area contributed by atoms with Gasteiger partial charge in [-0.15, -0.1) is 0 Å². The Morgan fingerprint density at radius 3 is 2.34 bits per heavy atom. The minimum atomic E-state index is -4.31. The first-order valence-corrected chi connectivity index (χ1v) is 13.7. The summed E-state index contributed by atoms with van der Waals surface area (Å²) in [6.45, 7) is 2.24. The van der Waals surface area contributed by atoms with E-state index in [4.69, 9.17) is 4.84 Å². The Bertz CT molecular complexity index is 1350. The van der Waals surface area contributed by atoms with Gasteiger partial charge in [0, 0.05) is 18.2 Å². The van der Waals surface area contributed by atoms with E-state index in [1.807, 2.05) is 0 Å². The fourth-order valence-electron chi connectivity index (χ4n) is 3.95. The predicted molar refractivity (Wildman–Crippen MR) is 141 cm³/mol. The zero-order chi connectivity index (χ0) is 27.0. The van der Waals surface area contributed by atoms with Gasteiger partial charge in [0.25, 0.3) is 15.9 Å². The number of benzene rings is 3. The molecule has 0 bridgehead atoms. The fourth-order valence-corrected chi connectivity index (χ4v) is 5.20. The highest BCUT2D eigenvalue weighted by molar-refractivity contribution is 7.92. The van der Waals surface area contributed by atoms with Crippen molar-refractivity contribution in [1.82, 2.24) is 16.0 Å². The van der Waals surface area contributed by atoms with Crippen molar-refractivity contribution < 1.29 is 27.2 Å². The molecule has 0 aromatic heterocycles. The van der Waals surface area contributed by atoms with E-state index < -0.39 is 21.7 Å². The molecule has 0 unspecified atom stereocenters. The lowest BCUT2D eigenvalue weighted by atomic mass is 9.98. The first-order valence-electron chi connectivity index (χ1n) is 12.2. The molecule has 1 aliphatic heterocycles. The lowest BCUT2D eigenvalue weighted by molar-refractivity contribution is -0.120. The van der Waals surface area contributed by atoms with Gasteiger partial charge in [0.2, 0.25) is 5.91 Å². The van der Waals surface area contributed by atoms with Gasteiger partial charge in [-0.25, -0.2) is 4.39 Å². The second-order valence-electron chi connectivity index (χ2n) is 8.82. The zero-order valence-corrected chi connectivity index (χ0v) is 21.4. The van der Waals surface area contributed by atoms with E-state index in [1.54, 1.807) is 30.3 Å². The maximum absolute atomic E-state index is 13.9. The summed E-state index contributed by atoms with van der Waals surface area (Å²) in [5.74, 6) is -0.794. The largest absolute Gasteiger partial charge is 0.364 e. The van der Waals surface area contributed by atoms with Gasteiger partial charge in [0.15, 0.2) is 5.75 Å². The monoisotopic (exact) mass is 540 g/mol. The molecule has 9 nitrogen and oxygen atoms in total. The number of nitrogens with one attached hydrogen (secondary N) is 3. The van der Waals surface area contributed by atoms with E-state index in [9.17, 15) is 22.4 Å². The molecule has 2 amide bonds. The van der Waals surface area contributed by atoms with Crippen molar-refractivity contribution in [3.63, 3.8) is 0 Å². The van der Waals surface area contributed by atoms with Crippen LogP contribution < -0.4 is 25.3 Å². The molecule has 4 rings (SSSR count). The Morgan fingerprint density at radius 2 is 1.66 bits per heavy atom. The van der Waals surface area contributed by atoms with Crippen LogP contribution in [0, 0.1) is 11.7 Å². The van der Waals surface area contributed by atoms with Crippen molar-refractivity contribution in [2.24, 2.45) is 5.92 Å². The zero-order valence-electron chi connectivity index (χ0n) is 20.6. The van der Waals surface area contributed by atoms with Crippen LogP contribution in [0.5, 0.6) is 5.75 Å². The number of hydrogen-bond acceptors (Lipinski definition) is 6. The van der Waals surface area contributed by atoms with Crippen LogP contribution in [0.3, 0.4) is 0 Å². The minimum Gasteiger partial charge on any atom is -0.364 e. The van der Waals surface area contributed by atoms with E-state index >= 15 is 0 Å². The summed E-state index contributed by atoms with van der Waals surface area (Å²) in [5.41, 5.74) is 0.141. The highest BCUT2D eigenvalue weighted by atomic mass is 32.2. The third kappa shape index (κ3) is 7.08. The third-order valence-electron chi connectivity index (χ3n) is 6.04. The third-order valence-corrected chi connectivity index (χ3v) is 7.63. The SMILES string of the molecule is O=C(CNC(=O)c1ccc(S(=O)(=O)N(Oc2ccccc2)c2cccc(F)c2)cc1)NCC1CCNCC1. The molecule has 0 aliphatic carbocycles. The lowest BCUT2D eigenvalue weighted by Crippen LogP contribution is -2.40. The summed E-state index contributed by atoms with van der Waals surface area (Å²) in [7, 11) is -4.31. The Hall–Kier alpha value is -3.96. The van der Waals surface area contributed by atoms with Crippen LogP contribution in [0.4, 0.5) is 10.1 Å². The number of hydrogen-bond donors (Lipinski definition) is 3. The average Bonchev–Trinajstić information content (AvgIpc) is 2.94. The molecule has 3 aromatic rings. The van der Waals surface area contributed by atoms with Gasteiger partial charge in [0.1, 0.15) is 5.82 Å². The first-order chi connectivity index (χ1) is 18.3. The van der Waals surface area contributed by atoms with Crippen molar-refractivity contribution in [2.75, 3.05) is 30.6 Å². The Balaban J connectivity index is 1.42. The van der Waals surface area contributed by atoms with Crippen molar-refractivity contribution in [3.8, 4) is 5.75 Å². The lowest BCUT2D eigenvalue weighted by Gasteiger charge is -2.24. The molecular formula is C27H29FN4O5S. The number of nitrogens with zero attached hydrogens (tertiary/aromatic N) is 1. The molecule has 1 aliphatic rings. The van der Waals surface area contributed by atoms with Gasteiger partial charge >= 0.3 is 0 Å². The Morgan fingerprint density at radius 1 is 0.947 bits per heavy atom. The van der Waals surface area contributed by atoms with E-state index in [2.05, 4.69) is 16.0 Å². The van der Waals surface area contributed by atoms with Crippen molar-refractivity contribution in [3.05, 3.63) is 90.2 Å². The maximum atomic E-state index is 13.9. The number of halogens is 1. The van der Waals surface area contributed by atoms with E-state index in [0.717, 1.165) is 32.0 Å². The average molecular weight is 541 g/mol. The van der Waals surface area contributed by atoms with E-state index in [0.29, 0.717) is 16.9 Å². The molecule has 3 N–H and O–H groups in total. The summed E-state index contributed by atoms with van der Waals surface area (Å²) >= 11 is 0. The fraction of sp³-hybridized carbons (Fsp3) is 0.259. The van der Waals surface area contributed by atoms with Gasteiger partial charge in [-0.1, -0.05) is 28.7 Å². The van der Waals surface area contributed by atoms with Crippen LogP contribution in [0.1, 0.15) is 23.2 Å². The number of carbonyl (C=O) groups is 2. The molecule has 0 spiro atoms. The van der Waals surface area contributed by atoms with Crippen molar-refractivity contribution >= 4 is 27.5 Å². The second-order valence-corrected chi connectivity index (χ2v) is 10.6.